The molecule has 98 valence electrons. The number of rotatable bonds is 3. The number of carbonyl (C=O) groups is 1. The lowest BCUT2D eigenvalue weighted by Gasteiger charge is -2.12. The number of Topliss-reactive ketones (excluding diaryl/α,β-unsaturated/α-hetero) is 1. The number of fused-ring (bicyclic) bond motifs is 1. The summed E-state index contributed by atoms with van der Waals surface area (Å²) in [5.41, 5.74) is 7.10. The second-order valence-electron chi connectivity index (χ2n) is 4.80. The van der Waals surface area contributed by atoms with Gasteiger partial charge in [0.2, 0.25) is 0 Å². The minimum atomic E-state index is -0.362. The van der Waals surface area contributed by atoms with Crippen molar-refractivity contribution in [2.45, 2.75) is 25.0 Å². The van der Waals surface area contributed by atoms with Gasteiger partial charge in [-0.25, -0.2) is 0 Å². The number of hydrogen-bond donors (Lipinski definition) is 1. The molecule has 0 spiro atoms. The molecule has 19 heavy (non-hydrogen) atoms. The number of nitrogens with two attached hydrogens (primary N) is 1. The van der Waals surface area contributed by atoms with E-state index in [2.05, 4.69) is 4.98 Å². The average Bonchev–Trinajstić information content (AvgIpc) is 2.95. The largest absolute Gasteiger partial charge is 0.366 e. The van der Waals surface area contributed by atoms with Gasteiger partial charge >= 0.3 is 0 Å². The first kappa shape index (κ1) is 12.3. The highest BCUT2D eigenvalue weighted by Gasteiger charge is 2.31. The molecule has 0 bridgehead atoms. The fourth-order valence-electron chi connectivity index (χ4n) is 2.56. The number of benzene rings is 1. The van der Waals surface area contributed by atoms with Crippen molar-refractivity contribution >= 4 is 16.7 Å². The molecule has 2 unspecified atom stereocenters. The Hall–Kier alpha value is -1.78. The topological polar surface area (TPSA) is 65.2 Å². The van der Waals surface area contributed by atoms with Crippen molar-refractivity contribution in [3.8, 4) is 0 Å². The summed E-state index contributed by atoms with van der Waals surface area (Å²) in [7, 11) is 0. The van der Waals surface area contributed by atoms with E-state index >= 15 is 0 Å². The Kier molecular flexibility index (Phi) is 3.27. The third kappa shape index (κ3) is 2.25. The third-order valence-corrected chi connectivity index (χ3v) is 3.57. The van der Waals surface area contributed by atoms with Crippen LogP contribution >= 0.6 is 0 Å². The van der Waals surface area contributed by atoms with Crippen LogP contribution in [-0.2, 0) is 4.74 Å². The SMILES string of the molecule is NCC1CCC(C(=O)c2cccc3ncccc23)O1. The van der Waals surface area contributed by atoms with Gasteiger partial charge in [0.15, 0.2) is 5.78 Å². The van der Waals surface area contributed by atoms with Gasteiger partial charge in [0.1, 0.15) is 6.10 Å². The second-order valence-corrected chi connectivity index (χ2v) is 4.80. The second kappa shape index (κ2) is 5.07. The fourth-order valence-corrected chi connectivity index (χ4v) is 2.56. The zero-order valence-corrected chi connectivity index (χ0v) is 10.6. The molecule has 2 aromatic rings. The summed E-state index contributed by atoms with van der Waals surface area (Å²) in [6.45, 7) is 0.473. The van der Waals surface area contributed by atoms with Crippen molar-refractivity contribution in [3.05, 3.63) is 42.1 Å². The zero-order chi connectivity index (χ0) is 13.2. The zero-order valence-electron chi connectivity index (χ0n) is 10.6. The van der Waals surface area contributed by atoms with Crippen molar-refractivity contribution in [2.24, 2.45) is 5.73 Å². The highest BCUT2D eigenvalue weighted by molar-refractivity contribution is 6.09. The van der Waals surface area contributed by atoms with Gasteiger partial charge in [0, 0.05) is 23.7 Å². The average molecular weight is 256 g/mol. The minimum absolute atomic E-state index is 0.0158. The highest BCUT2D eigenvalue weighted by Crippen LogP contribution is 2.25. The molecule has 1 saturated heterocycles. The molecule has 1 aromatic heterocycles. The molecule has 3 rings (SSSR count). The number of hydrogen-bond acceptors (Lipinski definition) is 4. The molecular weight excluding hydrogens is 240 g/mol. The Labute approximate surface area is 111 Å². The van der Waals surface area contributed by atoms with E-state index in [9.17, 15) is 4.79 Å². The van der Waals surface area contributed by atoms with Crippen LogP contribution in [0.15, 0.2) is 36.5 Å². The summed E-state index contributed by atoms with van der Waals surface area (Å²) >= 11 is 0. The van der Waals surface area contributed by atoms with E-state index in [1.807, 2.05) is 30.3 Å². The molecule has 0 saturated carbocycles. The van der Waals surface area contributed by atoms with Crippen LogP contribution in [0.2, 0.25) is 0 Å². The summed E-state index contributed by atoms with van der Waals surface area (Å²) in [6, 6.07) is 9.37. The number of aromatic nitrogens is 1. The molecule has 4 heteroatoms. The smallest absolute Gasteiger partial charge is 0.192 e. The molecule has 0 amide bonds. The molecule has 2 atom stereocenters. The lowest BCUT2D eigenvalue weighted by atomic mass is 9.99. The molecule has 1 aliphatic heterocycles. The Morgan fingerprint density at radius 2 is 2.21 bits per heavy atom. The first-order chi connectivity index (χ1) is 9.29. The molecule has 0 aliphatic carbocycles. The van der Waals surface area contributed by atoms with E-state index in [0.29, 0.717) is 12.1 Å². The van der Waals surface area contributed by atoms with Crippen LogP contribution in [0.1, 0.15) is 23.2 Å². The van der Waals surface area contributed by atoms with Crippen molar-refractivity contribution in [1.29, 1.82) is 0 Å². The number of pyridine rings is 1. The standard InChI is InChI=1S/C15H16N2O2/c16-9-10-6-7-14(19-10)15(18)12-3-1-5-13-11(12)4-2-8-17-13/h1-5,8,10,14H,6-7,9,16H2. The van der Waals surface area contributed by atoms with Gasteiger partial charge in [-0.15, -0.1) is 0 Å². The fraction of sp³-hybridized carbons (Fsp3) is 0.333. The Balaban J connectivity index is 1.94. The number of ketones is 1. The van der Waals surface area contributed by atoms with Gasteiger partial charge in [0.05, 0.1) is 11.6 Å². The summed E-state index contributed by atoms with van der Waals surface area (Å²) in [6.07, 6.45) is 2.99. The molecule has 0 radical (unpaired) electrons. The number of ether oxygens (including phenoxy) is 1. The van der Waals surface area contributed by atoms with E-state index in [-0.39, 0.29) is 18.0 Å². The number of carbonyl (C=O) groups excluding carboxylic acids is 1. The number of nitrogens with zero attached hydrogens (tertiary/aromatic N) is 1. The first-order valence-corrected chi connectivity index (χ1v) is 6.53. The normalized spacial score (nSPS) is 22.8. The van der Waals surface area contributed by atoms with Crippen LogP contribution in [0.4, 0.5) is 0 Å². The van der Waals surface area contributed by atoms with Crippen LogP contribution in [0.5, 0.6) is 0 Å². The van der Waals surface area contributed by atoms with Gasteiger partial charge < -0.3 is 10.5 Å². The van der Waals surface area contributed by atoms with E-state index in [4.69, 9.17) is 10.5 Å². The maximum absolute atomic E-state index is 12.5. The maximum Gasteiger partial charge on any atom is 0.192 e. The molecule has 2 heterocycles. The van der Waals surface area contributed by atoms with Gasteiger partial charge in [-0.3, -0.25) is 9.78 Å². The third-order valence-electron chi connectivity index (χ3n) is 3.57. The van der Waals surface area contributed by atoms with Gasteiger partial charge in [-0.05, 0) is 25.0 Å². The van der Waals surface area contributed by atoms with Crippen molar-refractivity contribution < 1.29 is 9.53 Å². The Morgan fingerprint density at radius 3 is 3.00 bits per heavy atom. The van der Waals surface area contributed by atoms with Crippen LogP contribution in [-0.4, -0.2) is 29.5 Å². The molecule has 1 aromatic carbocycles. The summed E-state index contributed by atoms with van der Waals surface area (Å²) in [5, 5.41) is 0.884. The monoisotopic (exact) mass is 256 g/mol. The maximum atomic E-state index is 12.5. The predicted molar refractivity (Wildman–Crippen MR) is 73.0 cm³/mol. The van der Waals surface area contributed by atoms with E-state index in [1.165, 1.54) is 0 Å². The van der Waals surface area contributed by atoms with Crippen LogP contribution in [0, 0.1) is 0 Å². The molecule has 4 nitrogen and oxygen atoms in total. The Bertz CT molecular complexity index is 607. The van der Waals surface area contributed by atoms with E-state index in [0.717, 1.165) is 23.7 Å². The first-order valence-electron chi connectivity index (χ1n) is 6.53. The van der Waals surface area contributed by atoms with Gasteiger partial charge in [0.25, 0.3) is 0 Å². The van der Waals surface area contributed by atoms with Crippen LogP contribution in [0.3, 0.4) is 0 Å². The highest BCUT2D eigenvalue weighted by atomic mass is 16.5. The van der Waals surface area contributed by atoms with Crippen molar-refractivity contribution in [3.63, 3.8) is 0 Å². The van der Waals surface area contributed by atoms with E-state index < -0.39 is 0 Å². The van der Waals surface area contributed by atoms with Crippen molar-refractivity contribution in [2.75, 3.05) is 6.54 Å². The molecule has 1 fully saturated rings. The predicted octanol–water partition coefficient (Wildman–Crippen LogP) is 1.92. The van der Waals surface area contributed by atoms with Crippen LogP contribution < -0.4 is 5.73 Å². The summed E-state index contributed by atoms with van der Waals surface area (Å²) < 4.78 is 5.68. The summed E-state index contributed by atoms with van der Waals surface area (Å²) in [5.74, 6) is 0.0366. The minimum Gasteiger partial charge on any atom is -0.366 e. The Morgan fingerprint density at radius 1 is 1.32 bits per heavy atom. The van der Waals surface area contributed by atoms with E-state index in [1.54, 1.807) is 6.20 Å². The lowest BCUT2D eigenvalue weighted by molar-refractivity contribution is 0.0405. The van der Waals surface area contributed by atoms with Crippen LogP contribution in [0.25, 0.3) is 10.9 Å². The molecular formula is C15H16N2O2. The molecule has 1 aliphatic rings. The lowest BCUT2D eigenvalue weighted by Crippen LogP contribution is -2.25. The van der Waals surface area contributed by atoms with Gasteiger partial charge in [-0.2, -0.15) is 0 Å². The molecule has 2 N–H and O–H groups in total. The van der Waals surface area contributed by atoms with Gasteiger partial charge in [-0.1, -0.05) is 18.2 Å². The summed E-state index contributed by atoms with van der Waals surface area (Å²) in [4.78, 5) is 16.8. The van der Waals surface area contributed by atoms with Crippen molar-refractivity contribution in [1.82, 2.24) is 4.98 Å². The quantitative estimate of drug-likeness (QED) is 0.852.